The molecule has 1 spiro atoms. The summed E-state index contributed by atoms with van der Waals surface area (Å²) in [6.45, 7) is 7.01. The van der Waals surface area contributed by atoms with E-state index in [1.165, 1.54) is 12.0 Å². The van der Waals surface area contributed by atoms with E-state index >= 15 is 0 Å². The van der Waals surface area contributed by atoms with Crippen molar-refractivity contribution in [3.05, 3.63) is 29.8 Å². The number of benzene rings is 1. The third-order valence-corrected chi connectivity index (χ3v) is 5.53. The smallest absolute Gasteiger partial charge is 0.222 e. The predicted octanol–water partition coefficient (Wildman–Crippen LogP) is 3.01. The number of aryl methyl sites for hydroxylation is 1. The fourth-order valence-electron chi connectivity index (χ4n) is 3.83. The van der Waals surface area contributed by atoms with Gasteiger partial charge < -0.3 is 15.0 Å². The first-order valence-electron chi connectivity index (χ1n) is 9.41. The van der Waals surface area contributed by atoms with Gasteiger partial charge in [0.25, 0.3) is 0 Å². The van der Waals surface area contributed by atoms with Crippen LogP contribution in [0.25, 0.3) is 0 Å². The molecule has 0 bridgehead atoms. The number of carbonyl (C=O) groups is 1. The first kappa shape index (κ1) is 17.3. The van der Waals surface area contributed by atoms with Crippen LogP contribution in [0.5, 0.6) is 5.75 Å². The summed E-state index contributed by atoms with van der Waals surface area (Å²) >= 11 is 0. The maximum atomic E-state index is 12.5. The highest BCUT2D eigenvalue weighted by Crippen LogP contribution is 2.37. The minimum Gasteiger partial charge on any atom is -0.494 e. The van der Waals surface area contributed by atoms with Gasteiger partial charge in [0, 0.05) is 26.1 Å². The van der Waals surface area contributed by atoms with E-state index in [0.717, 1.165) is 64.2 Å². The summed E-state index contributed by atoms with van der Waals surface area (Å²) in [6.07, 6.45) is 6.05. The molecule has 0 saturated carbocycles. The summed E-state index contributed by atoms with van der Waals surface area (Å²) in [5, 5.41) is 3.48. The first-order chi connectivity index (χ1) is 11.7. The summed E-state index contributed by atoms with van der Waals surface area (Å²) in [5.41, 5.74) is 1.69. The van der Waals surface area contributed by atoms with Gasteiger partial charge in [-0.15, -0.1) is 0 Å². The molecule has 1 amide bonds. The maximum Gasteiger partial charge on any atom is 0.222 e. The molecule has 1 aromatic carbocycles. The number of carbonyl (C=O) groups excluding carboxylic acids is 1. The Labute approximate surface area is 145 Å². The fourth-order valence-corrected chi connectivity index (χ4v) is 3.83. The van der Waals surface area contributed by atoms with Crippen LogP contribution in [0.4, 0.5) is 0 Å². The van der Waals surface area contributed by atoms with E-state index in [4.69, 9.17) is 4.74 Å². The van der Waals surface area contributed by atoms with E-state index in [9.17, 15) is 4.79 Å². The van der Waals surface area contributed by atoms with Crippen LogP contribution >= 0.6 is 0 Å². The molecular formula is C20H30N2O2. The highest BCUT2D eigenvalue weighted by atomic mass is 16.5. The van der Waals surface area contributed by atoms with Crippen molar-refractivity contribution in [1.29, 1.82) is 0 Å². The van der Waals surface area contributed by atoms with Crippen LogP contribution in [-0.2, 0) is 11.2 Å². The van der Waals surface area contributed by atoms with Crippen molar-refractivity contribution in [2.45, 2.75) is 45.4 Å². The van der Waals surface area contributed by atoms with E-state index in [1.807, 2.05) is 12.1 Å². The molecule has 1 N–H and O–H groups in total. The van der Waals surface area contributed by atoms with Crippen LogP contribution < -0.4 is 10.1 Å². The lowest BCUT2D eigenvalue weighted by Gasteiger charge is -2.39. The Balaban J connectivity index is 1.42. The van der Waals surface area contributed by atoms with Crippen molar-refractivity contribution < 1.29 is 9.53 Å². The van der Waals surface area contributed by atoms with E-state index in [2.05, 4.69) is 29.3 Å². The van der Waals surface area contributed by atoms with Crippen LogP contribution in [0.1, 0.15) is 44.6 Å². The molecule has 2 saturated heterocycles. The van der Waals surface area contributed by atoms with Crippen molar-refractivity contribution in [2.24, 2.45) is 5.41 Å². The molecule has 0 radical (unpaired) electrons. The van der Waals surface area contributed by atoms with Gasteiger partial charge in [-0.25, -0.2) is 0 Å². The summed E-state index contributed by atoms with van der Waals surface area (Å²) in [7, 11) is 0. The van der Waals surface area contributed by atoms with Crippen LogP contribution in [0.15, 0.2) is 24.3 Å². The molecule has 1 aromatic rings. The number of nitrogens with one attached hydrogen (secondary N) is 1. The van der Waals surface area contributed by atoms with E-state index < -0.39 is 0 Å². The highest BCUT2D eigenvalue weighted by Gasteiger charge is 2.37. The summed E-state index contributed by atoms with van der Waals surface area (Å²) in [6, 6.07) is 8.17. The van der Waals surface area contributed by atoms with Crippen LogP contribution in [0.3, 0.4) is 0 Å². The summed E-state index contributed by atoms with van der Waals surface area (Å²) in [4.78, 5) is 14.5. The maximum absolute atomic E-state index is 12.5. The average Bonchev–Trinajstić information content (AvgIpc) is 3.07. The SMILES string of the molecule is CCCOc1ccc(CCC(=O)N2CCC3(CCNC3)CC2)cc1. The highest BCUT2D eigenvalue weighted by molar-refractivity contribution is 5.76. The van der Waals surface area contributed by atoms with Crippen molar-refractivity contribution >= 4 is 5.91 Å². The molecular weight excluding hydrogens is 300 g/mol. The zero-order valence-corrected chi connectivity index (χ0v) is 14.9. The number of ether oxygens (including phenoxy) is 1. The molecule has 132 valence electrons. The van der Waals surface area contributed by atoms with Gasteiger partial charge in [0.2, 0.25) is 5.91 Å². The van der Waals surface area contributed by atoms with Gasteiger partial charge in [-0.05, 0) is 61.8 Å². The van der Waals surface area contributed by atoms with Crippen molar-refractivity contribution in [3.8, 4) is 5.75 Å². The van der Waals surface area contributed by atoms with Gasteiger partial charge in [-0.1, -0.05) is 19.1 Å². The Kier molecular flexibility index (Phi) is 5.77. The summed E-state index contributed by atoms with van der Waals surface area (Å²) < 4.78 is 5.60. The van der Waals surface area contributed by atoms with Gasteiger partial charge in [-0.2, -0.15) is 0 Å². The molecule has 2 aliphatic rings. The van der Waals surface area contributed by atoms with Gasteiger partial charge in [-0.3, -0.25) is 4.79 Å². The molecule has 0 atom stereocenters. The van der Waals surface area contributed by atoms with E-state index in [0.29, 0.717) is 17.7 Å². The Bertz CT molecular complexity index is 525. The molecule has 4 nitrogen and oxygen atoms in total. The molecule has 0 unspecified atom stereocenters. The van der Waals surface area contributed by atoms with Crippen molar-refractivity contribution in [2.75, 3.05) is 32.8 Å². The second-order valence-electron chi connectivity index (χ2n) is 7.30. The van der Waals surface area contributed by atoms with Gasteiger partial charge in [0.1, 0.15) is 5.75 Å². The Hall–Kier alpha value is -1.55. The molecule has 2 heterocycles. The molecule has 0 aromatic heterocycles. The van der Waals surface area contributed by atoms with E-state index in [1.54, 1.807) is 0 Å². The molecule has 2 fully saturated rings. The zero-order valence-electron chi connectivity index (χ0n) is 14.9. The monoisotopic (exact) mass is 330 g/mol. The number of piperidine rings is 1. The van der Waals surface area contributed by atoms with Crippen molar-refractivity contribution in [3.63, 3.8) is 0 Å². The van der Waals surface area contributed by atoms with Crippen LogP contribution in [0, 0.1) is 5.41 Å². The normalized spacial score (nSPS) is 19.6. The molecule has 3 rings (SSSR count). The Morgan fingerprint density at radius 1 is 1.21 bits per heavy atom. The third-order valence-electron chi connectivity index (χ3n) is 5.53. The second kappa shape index (κ2) is 8.02. The lowest BCUT2D eigenvalue weighted by atomic mass is 9.78. The van der Waals surface area contributed by atoms with Crippen molar-refractivity contribution in [1.82, 2.24) is 10.2 Å². The van der Waals surface area contributed by atoms with Gasteiger partial charge in [0.05, 0.1) is 6.61 Å². The number of hydrogen-bond donors (Lipinski definition) is 1. The first-order valence-corrected chi connectivity index (χ1v) is 9.41. The molecule has 2 aliphatic heterocycles. The zero-order chi connectivity index (χ0) is 16.8. The number of amides is 1. The largest absolute Gasteiger partial charge is 0.494 e. The quantitative estimate of drug-likeness (QED) is 0.872. The minimum atomic E-state index is 0.308. The fraction of sp³-hybridized carbons (Fsp3) is 0.650. The third kappa shape index (κ3) is 4.29. The van der Waals surface area contributed by atoms with Crippen LogP contribution in [0.2, 0.25) is 0 Å². The number of likely N-dealkylation sites (tertiary alicyclic amines) is 1. The second-order valence-corrected chi connectivity index (χ2v) is 7.30. The average molecular weight is 330 g/mol. The van der Waals surface area contributed by atoms with Gasteiger partial charge in [0.15, 0.2) is 0 Å². The number of rotatable bonds is 6. The van der Waals surface area contributed by atoms with Gasteiger partial charge >= 0.3 is 0 Å². The predicted molar refractivity (Wildman–Crippen MR) is 96.3 cm³/mol. The molecule has 4 heteroatoms. The lowest BCUT2D eigenvalue weighted by Crippen LogP contribution is -2.44. The van der Waals surface area contributed by atoms with E-state index in [-0.39, 0.29) is 0 Å². The number of nitrogens with zero attached hydrogens (tertiary/aromatic N) is 1. The standard InChI is InChI=1S/C20H30N2O2/c1-2-15-24-18-6-3-17(4-7-18)5-8-19(23)22-13-10-20(11-14-22)9-12-21-16-20/h3-4,6-7,21H,2,5,8-16H2,1H3. The summed E-state index contributed by atoms with van der Waals surface area (Å²) in [5.74, 6) is 1.22. The Morgan fingerprint density at radius 2 is 1.96 bits per heavy atom. The Morgan fingerprint density at radius 3 is 2.58 bits per heavy atom. The topological polar surface area (TPSA) is 41.6 Å². The van der Waals surface area contributed by atoms with Crippen LogP contribution in [-0.4, -0.2) is 43.6 Å². The number of hydrogen-bond acceptors (Lipinski definition) is 3. The molecule has 24 heavy (non-hydrogen) atoms. The molecule has 0 aliphatic carbocycles. The lowest BCUT2D eigenvalue weighted by molar-refractivity contribution is -0.133. The minimum absolute atomic E-state index is 0.308.